The summed E-state index contributed by atoms with van der Waals surface area (Å²) in [6.45, 7) is 0. The number of benzene rings is 3. The molecule has 0 spiro atoms. The molecule has 4 N–H and O–H groups in total. The molecule has 0 aliphatic carbocycles. The molecule has 0 heterocycles. The van der Waals surface area contributed by atoms with Crippen molar-refractivity contribution in [3.05, 3.63) is 77.9 Å². The van der Waals surface area contributed by atoms with Gasteiger partial charge in [0.25, 0.3) is 11.8 Å². The first-order valence-electron chi connectivity index (χ1n) is 9.91. The molecule has 0 saturated carbocycles. The summed E-state index contributed by atoms with van der Waals surface area (Å²) >= 11 is 0. The highest BCUT2D eigenvalue weighted by molar-refractivity contribution is 6.09. The van der Waals surface area contributed by atoms with Gasteiger partial charge in [-0.1, -0.05) is 18.2 Å². The Morgan fingerprint density at radius 2 is 1.45 bits per heavy atom. The van der Waals surface area contributed by atoms with Crippen LogP contribution in [0.3, 0.4) is 0 Å². The van der Waals surface area contributed by atoms with E-state index in [1.54, 1.807) is 31.3 Å². The van der Waals surface area contributed by atoms with Crippen molar-refractivity contribution >= 4 is 34.9 Å². The number of amides is 4. The predicted molar refractivity (Wildman–Crippen MR) is 126 cm³/mol. The largest absolute Gasteiger partial charge is 0.493 e. The zero-order valence-electron chi connectivity index (χ0n) is 18.4. The summed E-state index contributed by atoms with van der Waals surface area (Å²) in [6.07, 6.45) is 0. The number of primary amides is 1. The van der Waals surface area contributed by atoms with E-state index < -0.39 is 11.8 Å². The molecule has 0 unspecified atom stereocenters. The number of para-hydroxylation sites is 1. The van der Waals surface area contributed by atoms with Crippen molar-refractivity contribution in [3.63, 3.8) is 0 Å². The number of rotatable bonds is 7. The molecule has 3 aromatic rings. The van der Waals surface area contributed by atoms with Crippen molar-refractivity contribution in [2.45, 2.75) is 0 Å². The van der Waals surface area contributed by atoms with Crippen LogP contribution >= 0.6 is 0 Å². The molecule has 3 aromatic carbocycles. The number of hydrogen-bond donors (Lipinski definition) is 3. The summed E-state index contributed by atoms with van der Waals surface area (Å²) in [4.78, 5) is 38.5. The maximum Gasteiger partial charge on any atom is 0.326 e. The van der Waals surface area contributed by atoms with E-state index in [4.69, 9.17) is 15.2 Å². The number of nitrogens with two attached hydrogens (primary N) is 1. The minimum absolute atomic E-state index is 0.0776. The molecule has 0 radical (unpaired) electrons. The predicted octanol–water partition coefficient (Wildman–Crippen LogP) is 3.72. The van der Waals surface area contributed by atoms with Crippen LogP contribution in [0.2, 0.25) is 0 Å². The molecular weight excluding hydrogens is 424 g/mol. The van der Waals surface area contributed by atoms with Crippen LogP contribution in [0.1, 0.15) is 20.7 Å². The number of anilines is 3. The maximum atomic E-state index is 12.7. The Morgan fingerprint density at radius 1 is 0.848 bits per heavy atom. The molecule has 170 valence electrons. The third kappa shape index (κ3) is 5.40. The number of hydrogen-bond acceptors (Lipinski definition) is 5. The lowest BCUT2D eigenvalue weighted by molar-refractivity contribution is 0.100. The first kappa shape index (κ1) is 23.1. The SMILES string of the molecule is COc1cc(NC(=O)c2ccc(NC(=O)N(C)c3ccccc3)cc2)c(C(N)=O)cc1OC. The minimum Gasteiger partial charge on any atom is -0.493 e. The van der Waals surface area contributed by atoms with Gasteiger partial charge in [-0.25, -0.2) is 4.79 Å². The molecular formula is C24H24N4O5. The molecule has 33 heavy (non-hydrogen) atoms. The van der Waals surface area contributed by atoms with Crippen molar-refractivity contribution in [3.8, 4) is 11.5 Å². The maximum absolute atomic E-state index is 12.7. The Bertz CT molecular complexity index is 1160. The second-order valence-corrected chi connectivity index (χ2v) is 6.97. The van der Waals surface area contributed by atoms with Crippen LogP contribution in [0.4, 0.5) is 21.9 Å². The lowest BCUT2D eigenvalue weighted by atomic mass is 10.1. The van der Waals surface area contributed by atoms with E-state index in [2.05, 4.69) is 10.6 Å². The molecule has 0 bridgehead atoms. The fourth-order valence-corrected chi connectivity index (χ4v) is 3.06. The number of urea groups is 1. The van der Waals surface area contributed by atoms with E-state index in [-0.39, 0.29) is 17.3 Å². The Labute approximate surface area is 191 Å². The van der Waals surface area contributed by atoms with Crippen molar-refractivity contribution in [1.82, 2.24) is 0 Å². The van der Waals surface area contributed by atoms with Gasteiger partial charge in [-0.15, -0.1) is 0 Å². The van der Waals surface area contributed by atoms with Crippen LogP contribution in [-0.2, 0) is 0 Å². The number of carbonyl (C=O) groups is 3. The van der Waals surface area contributed by atoms with E-state index in [0.29, 0.717) is 22.7 Å². The van der Waals surface area contributed by atoms with Crippen LogP contribution in [0.15, 0.2) is 66.7 Å². The van der Waals surface area contributed by atoms with Gasteiger partial charge < -0.3 is 25.8 Å². The van der Waals surface area contributed by atoms with Gasteiger partial charge in [-0.2, -0.15) is 0 Å². The average Bonchev–Trinajstić information content (AvgIpc) is 2.83. The summed E-state index contributed by atoms with van der Waals surface area (Å²) in [6, 6.07) is 18.1. The molecule has 0 fully saturated rings. The molecule has 3 rings (SSSR count). The first-order valence-corrected chi connectivity index (χ1v) is 9.91. The summed E-state index contributed by atoms with van der Waals surface area (Å²) < 4.78 is 10.4. The van der Waals surface area contributed by atoms with Crippen molar-refractivity contribution in [2.24, 2.45) is 5.73 Å². The zero-order chi connectivity index (χ0) is 24.0. The molecule has 9 nitrogen and oxygen atoms in total. The van der Waals surface area contributed by atoms with Crippen LogP contribution < -0.4 is 30.7 Å². The molecule has 0 aliphatic rings. The Hall–Kier alpha value is -4.53. The topological polar surface area (TPSA) is 123 Å². The average molecular weight is 448 g/mol. The van der Waals surface area contributed by atoms with E-state index >= 15 is 0 Å². The Balaban J connectivity index is 1.73. The van der Waals surface area contributed by atoms with Gasteiger partial charge in [0, 0.05) is 30.1 Å². The fraction of sp³-hybridized carbons (Fsp3) is 0.125. The first-order chi connectivity index (χ1) is 15.8. The fourth-order valence-electron chi connectivity index (χ4n) is 3.06. The van der Waals surface area contributed by atoms with Gasteiger partial charge in [-0.05, 0) is 42.5 Å². The summed E-state index contributed by atoms with van der Waals surface area (Å²) in [5.41, 5.74) is 7.28. The number of nitrogens with one attached hydrogen (secondary N) is 2. The Kier molecular flexibility index (Phi) is 7.14. The zero-order valence-corrected chi connectivity index (χ0v) is 18.4. The number of ether oxygens (including phenoxy) is 2. The molecule has 0 aromatic heterocycles. The van der Waals surface area contributed by atoms with E-state index in [9.17, 15) is 14.4 Å². The van der Waals surface area contributed by atoms with Crippen LogP contribution in [0, 0.1) is 0 Å². The highest BCUT2D eigenvalue weighted by Gasteiger charge is 2.18. The Morgan fingerprint density at radius 3 is 2.03 bits per heavy atom. The van der Waals surface area contributed by atoms with Gasteiger partial charge in [-0.3, -0.25) is 14.5 Å². The van der Waals surface area contributed by atoms with Crippen molar-refractivity contribution in [2.75, 3.05) is 36.8 Å². The molecule has 0 atom stereocenters. The van der Waals surface area contributed by atoms with Crippen molar-refractivity contribution in [1.29, 1.82) is 0 Å². The molecule has 0 saturated heterocycles. The van der Waals surface area contributed by atoms with E-state index in [0.717, 1.165) is 5.69 Å². The molecule has 0 aliphatic heterocycles. The number of carbonyl (C=O) groups excluding carboxylic acids is 3. The highest BCUT2D eigenvalue weighted by Crippen LogP contribution is 2.33. The van der Waals surface area contributed by atoms with Crippen molar-refractivity contribution < 1.29 is 23.9 Å². The highest BCUT2D eigenvalue weighted by atomic mass is 16.5. The standard InChI is InChI=1S/C24H24N4O5/c1-28(17-7-5-4-6-8-17)24(31)26-16-11-9-15(10-12-16)23(30)27-19-14-21(33-3)20(32-2)13-18(19)22(25)29/h4-14H,1-3H3,(H2,25,29)(H,26,31)(H,27,30). The van der Waals surface area contributed by atoms with Gasteiger partial charge in [0.1, 0.15) is 0 Å². The second kappa shape index (κ2) is 10.2. The summed E-state index contributed by atoms with van der Waals surface area (Å²) in [7, 11) is 4.53. The monoisotopic (exact) mass is 448 g/mol. The summed E-state index contributed by atoms with van der Waals surface area (Å²) in [5.74, 6) is -0.556. The van der Waals surface area contributed by atoms with Crippen LogP contribution in [-0.4, -0.2) is 39.1 Å². The molecule has 4 amide bonds. The lowest BCUT2D eigenvalue weighted by Crippen LogP contribution is -2.31. The third-order valence-corrected chi connectivity index (χ3v) is 4.88. The quantitative estimate of drug-likeness (QED) is 0.508. The van der Waals surface area contributed by atoms with Gasteiger partial charge >= 0.3 is 6.03 Å². The summed E-state index contributed by atoms with van der Waals surface area (Å²) in [5, 5.41) is 5.43. The normalized spacial score (nSPS) is 10.2. The molecule has 9 heteroatoms. The third-order valence-electron chi connectivity index (χ3n) is 4.88. The second-order valence-electron chi connectivity index (χ2n) is 6.97. The van der Waals surface area contributed by atoms with Gasteiger partial charge in [0.2, 0.25) is 0 Å². The van der Waals surface area contributed by atoms with Gasteiger partial charge in [0.15, 0.2) is 11.5 Å². The minimum atomic E-state index is -0.730. The van der Waals surface area contributed by atoms with E-state index in [1.807, 2.05) is 30.3 Å². The number of methoxy groups -OCH3 is 2. The smallest absolute Gasteiger partial charge is 0.326 e. The lowest BCUT2D eigenvalue weighted by Gasteiger charge is -2.18. The number of nitrogens with zero attached hydrogens (tertiary/aromatic N) is 1. The van der Waals surface area contributed by atoms with Gasteiger partial charge in [0.05, 0.1) is 25.5 Å². The van der Waals surface area contributed by atoms with E-state index in [1.165, 1.54) is 31.3 Å². The van der Waals surface area contributed by atoms with Crippen LogP contribution in [0.25, 0.3) is 0 Å². The van der Waals surface area contributed by atoms with Crippen LogP contribution in [0.5, 0.6) is 11.5 Å².